The van der Waals surface area contributed by atoms with Gasteiger partial charge < -0.3 is 15.3 Å². The third kappa shape index (κ3) is 4.99. The average Bonchev–Trinajstić information content (AvgIpc) is 3.48. The quantitative estimate of drug-likeness (QED) is 0.559. The highest BCUT2D eigenvalue weighted by molar-refractivity contribution is 5.90. The highest BCUT2D eigenvalue weighted by Gasteiger charge is 2.42. The van der Waals surface area contributed by atoms with Crippen molar-refractivity contribution in [1.29, 1.82) is 0 Å². The van der Waals surface area contributed by atoms with Gasteiger partial charge in [-0.05, 0) is 23.1 Å². The second-order valence-electron chi connectivity index (χ2n) is 8.86. The Bertz CT molecular complexity index is 1130. The molecule has 0 unspecified atom stereocenters. The van der Waals surface area contributed by atoms with Gasteiger partial charge in [0.05, 0.1) is 12.3 Å². The summed E-state index contributed by atoms with van der Waals surface area (Å²) in [6.07, 6.45) is 2.52. The van der Waals surface area contributed by atoms with Gasteiger partial charge in [0, 0.05) is 31.3 Å². The van der Waals surface area contributed by atoms with Crippen LogP contribution in [0.2, 0.25) is 0 Å². The van der Waals surface area contributed by atoms with E-state index in [4.69, 9.17) is 0 Å². The molecule has 1 aromatic heterocycles. The lowest BCUT2D eigenvalue weighted by Crippen LogP contribution is -2.49. The van der Waals surface area contributed by atoms with Gasteiger partial charge in [0.1, 0.15) is 17.9 Å². The number of rotatable bonds is 7. The number of aliphatic hydroxyl groups is 1. The molecule has 1 aliphatic rings. The Labute approximate surface area is 197 Å². The Morgan fingerprint density at radius 2 is 1.91 bits per heavy atom. The molecule has 3 atom stereocenters. The first-order chi connectivity index (χ1) is 16.3. The fraction of sp³-hybridized carbons (Fsp3) is 0.360. The molecule has 1 saturated heterocycles. The van der Waals surface area contributed by atoms with Crippen LogP contribution < -0.4 is 5.32 Å². The molecule has 2 heterocycles. The first kappa shape index (κ1) is 23.6. The van der Waals surface area contributed by atoms with Crippen LogP contribution in [0, 0.1) is 11.7 Å². The number of carbonyl (C=O) groups is 2. The van der Waals surface area contributed by atoms with E-state index in [1.54, 1.807) is 36.5 Å². The normalized spacial score (nSPS) is 18.8. The molecule has 0 radical (unpaired) electrons. The maximum absolute atomic E-state index is 14.0. The van der Waals surface area contributed by atoms with Crippen molar-refractivity contribution in [2.24, 2.45) is 5.92 Å². The van der Waals surface area contributed by atoms with Crippen LogP contribution >= 0.6 is 0 Å². The molecule has 0 aliphatic carbocycles. The minimum atomic E-state index is -0.775. The number of carbonyl (C=O) groups excluding carboxylic acids is 2. The molecule has 0 saturated carbocycles. The predicted molar refractivity (Wildman–Crippen MR) is 124 cm³/mol. The molecule has 178 valence electrons. The van der Waals surface area contributed by atoms with Crippen LogP contribution in [0.1, 0.15) is 31.9 Å². The summed E-state index contributed by atoms with van der Waals surface area (Å²) in [4.78, 5) is 27.8. The van der Waals surface area contributed by atoms with Gasteiger partial charge in [-0.2, -0.15) is 0 Å². The average molecular weight is 466 g/mol. The molecule has 8 nitrogen and oxygen atoms in total. The van der Waals surface area contributed by atoms with Crippen LogP contribution in [-0.4, -0.2) is 55.5 Å². The maximum Gasteiger partial charge on any atom is 0.248 e. The number of amides is 2. The van der Waals surface area contributed by atoms with E-state index < -0.39 is 18.2 Å². The molecule has 0 bridgehead atoms. The van der Waals surface area contributed by atoms with Gasteiger partial charge in [-0.3, -0.25) is 9.59 Å². The van der Waals surface area contributed by atoms with Crippen LogP contribution in [0.5, 0.6) is 0 Å². The van der Waals surface area contributed by atoms with E-state index in [1.807, 2.05) is 26.0 Å². The molecular weight excluding hydrogens is 437 g/mol. The molecule has 1 fully saturated rings. The van der Waals surface area contributed by atoms with E-state index in [0.29, 0.717) is 5.56 Å². The maximum atomic E-state index is 14.0. The van der Waals surface area contributed by atoms with Crippen LogP contribution in [-0.2, 0) is 16.1 Å². The van der Waals surface area contributed by atoms with Gasteiger partial charge >= 0.3 is 0 Å². The Balaban J connectivity index is 1.42. The van der Waals surface area contributed by atoms with E-state index in [1.165, 1.54) is 21.8 Å². The summed E-state index contributed by atoms with van der Waals surface area (Å²) in [5, 5.41) is 20.8. The number of β-amino-alcohol motifs (C(OH)–C–C–N with tert-alkyl or cyclic N) is 1. The third-order valence-corrected chi connectivity index (χ3v) is 6.08. The van der Waals surface area contributed by atoms with Crippen LogP contribution in [0.3, 0.4) is 0 Å². The van der Waals surface area contributed by atoms with Gasteiger partial charge in [-0.25, -0.2) is 9.07 Å². The summed E-state index contributed by atoms with van der Waals surface area (Å²) in [6.45, 7) is 4.14. The number of hydrogen-bond acceptors (Lipinski definition) is 5. The van der Waals surface area contributed by atoms with Gasteiger partial charge in [0.25, 0.3) is 0 Å². The third-order valence-electron chi connectivity index (χ3n) is 6.08. The first-order valence-electron chi connectivity index (χ1n) is 11.3. The molecule has 0 spiro atoms. The summed E-state index contributed by atoms with van der Waals surface area (Å²) in [7, 11) is 0. The molecule has 3 aromatic rings. The molecule has 34 heavy (non-hydrogen) atoms. The zero-order valence-electron chi connectivity index (χ0n) is 19.1. The largest absolute Gasteiger partial charge is 0.391 e. The fourth-order valence-electron chi connectivity index (χ4n) is 4.35. The van der Waals surface area contributed by atoms with Gasteiger partial charge in [0.15, 0.2) is 0 Å². The topological polar surface area (TPSA) is 100 Å². The number of nitrogens with one attached hydrogen (secondary N) is 1. The number of likely N-dealkylation sites (tertiary alicyclic amines) is 1. The lowest BCUT2D eigenvalue weighted by Gasteiger charge is -2.29. The zero-order chi connectivity index (χ0) is 24.2. The van der Waals surface area contributed by atoms with Crippen LogP contribution in [0.25, 0.3) is 11.1 Å². The number of aliphatic hydroxyl groups excluding tert-OH is 1. The molecule has 2 aromatic carbocycles. The van der Waals surface area contributed by atoms with E-state index in [0.717, 1.165) is 11.1 Å². The summed E-state index contributed by atoms with van der Waals surface area (Å²) in [5.41, 5.74) is 2.10. The van der Waals surface area contributed by atoms with E-state index in [-0.39, 0.29) is 43.1 Å². The Morgan fingerprint density at radius 3 is 2.56 bits per heavy atom. The minimum absolute atomic E-state index is 0.0800. The highest BCUT2D eigenvalue weighted by atomic mass is 19.1. The van der Waals surface area contributed by atoms with E-state index in [2.05, 4.69) is 15.6 Å². The van der Waals surface area contributed by atoms with Crippen molar-refractivity contribution >= 4 is 11.8 Å². The molecular formula is C25H28FN5O3. The van der Waals surface area contributed by atoms with Crippen molar-refractivity contribution in [1.82, 2.24) is 25.2 Å². The SMILES string of the molecule is CC(C)[C@@H](C(=O)N1C[C@H](O)C[C@H]1C(=O)NCc1ccc(-c2ccccc2F)cc1)n1ccnn1. The predicted octanol–water partition coefficient (Wildman–Crippen LogP) is 2.56. The van der Waals surface area contributed by atoms with Crippen molar-refractivity contribution in [3.05, 3.63) is 72.3 Å². The van der Waals surface area contributed by atoms with Crippen molar-refractivity contribution in [2.45, 2.75) is 45.0 Å². The second kappa shape index (κ2) is 10.1. The Hall–Kier alpha value is -3.59. The van der Waals surface area contributed by atoms with Crippen molar-refractivity contribution in [2.75, 3.05) is 6.54 Å². The van der Waals surface area contributed by atoms with E-state index in [9.17, 15) is 19.1 Å². The summed E-state index contributed by atoms with van der Waals surface area (Å²) in [5.74, 6) is -0.974. The Morgan fingerprint density at radius 1 is 1.18 bits per heavy atom. The number of aromatic nitrogens is 3. The number of nitrogens with zero attached hydrogens (tertiary/aromatic N) is 4. The smallest absolute Gasteiger partial charge is 0.248 e. The summed E-state index contributed by atoms with van der Waals surface area (Å²) >= 11 is 0. The molecule has 2 amide bonds. The second-order valence-corrected chi connectivity index (χ2v) is 8.86. The van der Waals surface area contributed by atoms with Crippen molar-refractivity contribution in [3.63, 3.8) is 0 Å². The molecule has 9 heteroatoms. The van der Waals surface area contributed by atoms with Crippen LogP contribution in [0.4, 0.5) is 4.39 Å². The summed E-state index contributed by atoms with van der Waals surface area (Å²) < 4.78 is 15.5. The monoisotopic (exact) mass is 465 g/mol. The lowest BCUT2D eigenvalue weighted by molar-refractivity contribution is -0.142. The fourth-order valence-corrected chi connectivity index (χ4v) is 4.35. The molecule has 1 aliphatic heterocycles. The van der Waals surface area contributed by atoms with E-state index >= 15 is 0 Å². The summed E-state index contributed by atoms with van der Waals surface area (Å²) in [6, 6.07) is 12.4. The van der Waals surface area contributed by atoms with Crippen molar-refractivity contribution in [3.8, 4) is 11.1 Å². The first-order valence-corrected chi connectivity index (χ1v) is 11.3. The number of benzene rings is 2. The highest BCUT2D eigenvalue weighted by Crippen LogP contribution is 2.27. The molecule has 4 rings (SSSR count). The van der Waals surface area contributed by atoms with Gasteiger partial charge in [0.2, 0.25) is 11.8 Å². The standard InChI is InChI=1S/C25H28FN5O3/c1-16(2)23(31-12-11-28-29-31)25(34)30-15-19(32)13-22(30)24(33)27-14-17-7-9-18(10-8-17)20-5-3-4-6-21(20)26/h3-12,16,19,22-23,32H,13-15H2,1-2H3,(H,27,33)/t19-,22+,23+/m1/s1. The molecule has 2 N–H and O–H groups in total. The Kier molecular flexibility index (Phi) is 7.02. The number of hydrogen-bond donors (Lipinski definition) is 2. The lowest BCUT2D eigenvalue weighted by atomic mass is 10.0. The van der Waals surface area contributed by atoms with Crippen LogP contribution in [0.15, 0.2) is 60.9 Å². The minimum Gasteiger partial charge on any atom is -0.391 e. The number of halogens is 1. The van der Waals surface area contributed by atoms with Gasteiger partial charge in [-0.1, -0.05) is 61.5 Å². The van der Waals surface area contributed by atoms with Crippen molar-refractivity contribution < 1.29 is 19.1 Å². The van der Waals surface area contributed by atoms with Gasteiger partial charge in [-0.15, -0.1) is 5.10 Å². The zero-order valence-corrected chi connectivity index (χ0v) is 19.1.